The minimum absolute atomic E-state index is 0.272. The van der Waals surface area contributed by atoms with Crippen molar-refractivity contribution in [3.63, 3.8) is 0 Å². The molecule has 2 heterocycles. The number of nitrogens with zero attached hydrogens (tertiary/aromatic N) is 2. The molecule has 0 amide bonds. The van der Waals surface area contributed by atoms with Crippen LogP contribution in [0.1, 0.15) is 18.2 Å². The Kier molecular flexibility index (Phi) is 3.32. The molecule has 7 heteroatoms. The molecule has 2 rings (SSSR count). The topological polar surface area (TPSA) is 108 Å². The standard InChI is InChI=1S/C11H13N3O4/c1-6-4-14(11(17)13-10(6)16)9-2-7(3-12)8(5-15)18-9/h4,7-9,15H,2,5H2,1H3,(H,13,16,17)/t7-,8+,9?/m0/s1. The molecule has 1 fully saturated rings. The van der Waals surface area contributed by atoms with Gasteiger partial charge in [0.1, 0.15) is 6.23 Å². The number of aryl methyl sites for hydroxylation is 1. The van der Waals surface area contributed by atoms with Gasteiger partial charge >= 0.3 is 5.69 Å². The van der Waals surface area contributed by atoms with Crippen LogP contribution in [0, 0.1) is 24.2 Å². The Labute approximate surface area is 102 Å². The number of H-pyrrole nitrogens is 1. The van der Waals surface area contributed by atoms with Gasteiger partial charge in [-0.2, -0.15) is 5.26 Å². The SMILES string of the molecule is Cc1cn(C2C[C@@H](C#N)[C@@H](CO)O2)c(=O)[nH]c1=O. The number of ether oxygens (including phenoxy) is 1. The van der Waals surface area contributed by atoms with Gasteiger partial charge in [0.05, 0.1) is 24.7 Å². The van der Waals surface area contributed by atoms with Crippen molar-refractivity contribution in [1.82, 2.24) is 9.55 Å². The fraction of sp³-hybridized carbons (Fsp3) is 0.545. The molecule has 1 aromatic heterocycles. The molecule has 1 unspecified atom stereocenters. The van der Waals surface area contributed by atoms with Gasteiger partial charge in [-0.15, -0.1) is 0 Å². The zero-order chi connectivity index (χ0) is 13.3. The third kappa shape index (κ3) is 2.08. The van der Waals surface area contributed by atoms with Crippen LogP contribution in [0.2, 0.25) is 0 Å². The van der Waals surface area contributed by atoms with Crippen LogP contribution in [0.4, 0.5) is 0 Å². The van der Waals surface area contributed by atoms with Crippen molar-refractivity contribution < 1.29 is 9.84 Å². The van der Waals surface area contributed by atoms with E-state index in [1.165, 1.54) is 10.8 Å². The second kappa shape index (κ2) is 4.76. The summed E-state index contributed by atoms with van der Waals surface area (Å²) in [6.45, 7) is 1.31. The molecule has 7 nitrogen and oxygen atoms in total. The first-order valence-electron chi connectivity index (χ1n) is 5.54. The molecule has 2 N–H and O–H groups in total. The first kappa shape index (κ1) is 12.5. The van der Waals surface area contributed by atoms with Crippen LogP contribution in [0.5, 0.6) is 0 Å². The second-order valence-electron chi connectivity index (χ2n) is 4.26. The molecule has 0 aromatic carbocycles. The predicted octanol–water partition coefficient (Wildman–Crippen LogP) is -0.735. The number of nitrogens with one attached hydrogen (secondary N) is 1. The lowest BCUT2D eigenvalue weighted by Crippen LogP contribution is -2.33. The molecule has 1 aliphatic heterocycles. The summed E-state index contributed by atoms with van der Waals surface area (Å²) in [6, 6.07) is 2.04. The maximum absolute atomic E-state index is 11.7. The predicted molar refractivity (Wildman–Crippen MR) is 60.8 cm³/mol. The van der Waals surface area contributed by atoms with Crippen LogP contribution in [0.15, 0.2) is 15.8 Å². The monoisotopic (exact) mass is 251 g/mol. The third-order valence-electron chi connectivity index (χ3n) is 3.04. The molecule has 1 aromatic rings. The van der Waals surface area contributed by atoms with E-state index in [1.54, 1.807) is 6.92 Å². The summed E-state index contributed by atoms with van der Waals surface area (Å²) in [4.78, 5) is 25.1. The van der Waals surface area contributed by atoms with Crippen molar-refractivity contribution in [2.24, 2.45) is 5.92 Å². The quantitative estimate of drug-likeness (QED) is 0.720. The Hall–Kier alpha value is -1.91. The molecule has 0 bridgehead atoms. The summed E-state index contributed by atoms with van der Waals surface area (Å²) in [5, 5.41) is 18.0. The van der Waals surface area contributed by atoms with Gasteiger partial charge in [-0.05, 0) is 6.92 Å². The van der Waals surface area contributed by atoms with Gasteiger partial charge in [0.2, 0.25) is 0 Å². The fourth-order valence-corrected chi connectivity index (χ4v) is 2.01. The van der Waals surface area contributed by atoms with Gasteiger partial charge < -0.3 is 9.84 Å². The van der Waals surface area contributed by atoms with E-state index >= 15 is 0 Å². The van der Waals surface area contributed by atoms with Crippen molar-refractivity contribution in [2.45, 2.75) is 25.7 Å². The van der Waals surface area contributed by atoms with Crippen LogP contribution in [-0.2, 0) is 4.74 Å². The number of rotatable bonds is 2. The average Bonchev–Trinajstić information content (AvgIpc) is 2.76. The Morgan fingerprint density at radius 3 is 2.94 bits per heavy atom. The van der Waals surface area contributed by atoms with Crippen LogP contribution >= 0.6 is 0 Å². The number of hydrogen-bond acceptors (Lipinski definition) is 5. The smallest absolute Gasteiger partial charge is 0.330 e. The maximum atomic E-state index is 11.7. The second-order valence-corrected chi connectivity index (χ2v) is 4.26. The lowest BCUT2D eigenvalue weighted by Gasteiger charge is -2.14. The van der Waals surface area contributed by atoms with Gasteiger partial charge in [-0.3, -0.25) is 14.3 Å². The summed E-state index contributed by atoms with van der Waals surface area (Å²) in [6.07, 6.45) is 0.488. The van der Waals surface area contributed by atoms with E-state index in [0.717, 1.165) is 0 Å². The van der Waals surface area contributed by atoms with Crippen LogP contribution in [0.3, 0.4) is 0 Å². The van der Waals surface area contributed by atoms with Gasteiger partial charge in [0.15, 0.2) is 0 Å². The van der Waals surface area contributed by atoms with E-state index < -0.39 is 29.5 Å². The van der Waals surface area contributed by atoms with E-state index in [1.807, 2.05) is 6.07 Å². The summed E-state index contributed by atoms with van der Waals surface area (Å²) >= 11 is 0. The Morgan fingerprint density at radius 2 is 2.39 bits per heavy atom. The summed E-state index contributed by atoms with van der Waals surface area (Å²) in [5.74, 6) is -0.459. The van der Waals surface area contributed by atoms with Crippen LogP contribution in [-0.4, -0.2) is 27.4 Å². The molecule has 0 radical (unpaired) electrons. The molecule has 1 aliphatic rings. The Bertz CT molecular complexity index is 598. The molecular formula is C11H13N3O4. The van der Waals surface area contributed by atoms with E-state index in [0.29, 0.717) is 12.0 Å². The highest BCUT2D eigenvalue weighted by Crippen LogP contribution is 2.31. The highest BCUT2D eigenvalue weighted by Gasteiger charge is 2.36. The van der Waals surface area contributed by atoms with Gasteiger partial charge in [0, 0.05) is 18.2 Å². The summed E-state index contributed by atoms with van der Waals surface area (Å²) < 4.78 is 6.69. The Morgan fingerprint density at radius 1 is 1.67 bits per heavy atom. The first-order valence-corrected chi connectivity index (χ1v) is 5.54. The van der Waals surface area contributed by atoms with Gasteiger partial charge in [-0.25, -0.2) is 4.79 Å². The average molecular weight is 251 g/mol. The largest absolute Gasteiger partial charge is 0.394 e. The number of aliphatic hydroxyl groups is 1. The lowest BCUT2D eigenvalue weighted by atomic mass is 10.0. The van der Waals surface area contributed by atoms with E-state index in [4.69, 9.17) is 15.1 Å². The van der Waals surface area contributed by atoms with E-state index in [2.05, 4.69) is 4.98 Å². The molecule has 0 spiro atoms. The molecular weight excluding hydrogens is 238 g/mol. The number of aromatic nitrogens is 2. The molecule has 0 saturated carbocycles. The molecule has 3 atom stereocenters. The summed E-state index contributed by atoms with van der Waals surface area (Å²) in [5.41, 5.74) is -0.630. The highest BCUT2D eigenvalue weighted by molar-refractivity contribution is 5.03. The summed E-state index contributed by atoms with van der Waals surface area (Å²) in [7, 11) is 0. The van der Waals surface area contributed by atoms with Crippen molar-refractivity contribution in [3.8, 4) is 6.07 Å². The fourth-order valence-electron chi connectivity index (χ4n) is 2.01. The number of aliphatic hydroxyl groups excluding tert-OH is 1. The molecule has 18 heavy (non-hydrogen) atoms. The number of hydrogen-bond donors (Lipinski definition) is 2. The normalized spacial score (nSPS) is 27.1. The zero-order valence-electron chi connectivity index (χ0n) is 9.79. The maximum Gasteiger partial charge on any atom is 0.330 e. The minimum atomic E-state index is -0.630. The molecule has 96 valence electrons. The van der Waals surface area contributed by atoms with Crippen LogP contribution < -0.4 is 11.2 Å². The first-order chi connectivity index (χ1) is 8.56. The lowest BCUT2D eigenvalue weighted by molar-refractivity contribution is -0.0291. The zero-order valence-corrected chi connectivity index (χ0v) is 9.79. The van der Waals surface area contributed by atoms with Crippen molar-refractivity contribution in [1.29, 1.82) is 5.26 Å². The van der Waals surface area contributed by atoms with Crippen molar-refractivity contribution in [3.05, 3.63) is 32.6 Å². The highest BCUT2D eigenvalue weighted by atomic mass is 16.5. The Balaban J connectivity index is 2.35. The van der Waals surface area contributed by atoms with E-state index in [9.17, 15) is 9.59 Å². The molecule has 0 aliphatic carbocycles. The molecule has 1 saturated heterocycles. The number of nitriles is 1. The van der Waals surface area contributed by atoms with Crippen molar-refractivity contribution >= 4 is 0 Å². The van der Waals surface area contributed by atoms with E-state index in [-0.39, 0.29) is 6.61 Å². The van der Waals surface area contributed by atoms with Crippen LogP contribution in [0.25, 0.3) is 0 Å². The third-order valence-corrected chi connectivity index (χ3v) is 3.04. The number of aromatic amines is 1. The minimum Gasteiger partial charge on any atom is -0.394 e. The van der Waals surface area contributed by atoms with Gasteiger partial charge in [-0.1, -0.05) is 0 Å². The van der Waals surface area contributed by atoms with Gasteiger partial charge in [0.25, 0.3) is 5.56 Å². The van der Waals surface area contributed by atoms with Crippen molar-refractivity contribution in [2.75, 3.05) is 6.61 Å².